The molecule has 0 spiro atoms. The lowest BCUT2D eigenvalue weighted by Crippen LogP contribution is -2.43. The fourth-order valence-electron chi connectivity index (χ4n) is 6.92. The SMILES string of the molecule is C=C(NC)c1ccc2c(c1)CCc1cc(C(=O)NC)ccc1C2(C[C@H](C)NCC(=C)N1CCCC1C#N)c1nc(=O)on1C. The van der Waals surface area contributed by atoms with Crippen LogP contribution in [0.1, 0.15) is 70.2 Å². The number of hydrogen-bond donors (Lipinski definition) is 3. The van der Waals surface area contributed by atoms with Crippen molar-refractivity contribution in [3.8, 4) is 6.07 Å². The third-order valence-corrected chi connectivity index (χ3v) is 9.10. The first-order valence-corrected chi connectivity index (χ1v) is 15.1. The number of amides is 1. The first kappa shape index (κ1) is 30.8. The van der Waals surface area contributed by atoms with Crippen molar-refractivity contribution in [2.75, 3.05) is 27.2 Å². The Bertz CT molecular complexity index is 1630. The number of carbonyl (C=O) groups excluding carboxylic acids is 1. The topological polar surface area (TPSA) is 128 Å². The Morgan fingerprint density at radius 2 is 1.80 bits per heavy atom. The van der Waals surface area contributed by atoms with Gasteiger partial charge in [-0.1, -0.05) is 31.4 Å². The van der Waals surface area contributed by atoms with Gasteiger partial charge in [0.1, 0.15) is 6.04 Å². The molecule has 3 N–H and O–H groups in total. The van der Waals surface area contributed by atoms with Crippen molar-refractivity contribution in [2.24, 2.45) is 7.05 Å². The largest absolute Gasteiger partial charge is 0.459 e. The van der Waals surface area contributed by atoms with E-state index in [9.17, 15) is 14.9 Å². The maximum Gasteiger partial charge on any atom is 0.459 e. The Kier molecular flexibility index (Phi) is 8.79. The normalized spacial score (nSPS) is 19.7. The van der Waals surface area contributed by atoms with E-state index in [2.05, 4.69) is 64.1 Å². The summed E-state index contributed by atoms with van der Waals surface area (Å²) in [7, 11) is 5.18. The van der Waals surface area contributed by atoms with Gasteiger partial charge in [-0.3, -0.25) is 4.79 Å². The van der Waals surface area contributed by atoms with Gasteiger partial charge in [-0.25, -0.2) is 4.79 Å². The Balaban J connectivity index is 1.65. The molecule has 5 rings (SSSR count). The maximum atomic E-state index is 12.7. The summed E-state index contributed by atoms with van der Waals surface area (Å²) in [4.78, 5) is 31.9. The number of fused-ring (bicyclic) bond motifs is 2. The van der Waals surface area contributed by atoms with Gasteiger partial charge in [0.2, 0.25) is 0 Å². The molecule has 2 aromatic carbocycles. The van der Waals surface area contributed by atoms with Crippen molar-refractivity contribution in [2.45, 2.75) is 56.5 Å². The van der Waals surface area contributed by atoms with E-state index in [1.165, 1.54) is 4.74 Å². The van der Waals surface area contributed by atoms with E-state index in [0.29, 0.717) is 30.8 Å². The Morgan fingerprint density at radius 3 is 2.39 bits per heavy atom. The summed E-state index contributed by atoms with van der Waals surface area (Å²) >= 11 is 0. The molecule has 2 unspecified atom stereocenters. The highest BCUT2D eigenvalue weighted by atomic mass is 16.5. The summed E-state index contributed by atoms with van der Waals surface area (Å²) in [5.41, 5.74) is 6.48. The van der Waals surface area contributed by atoms with Gasteiger partial charge in [0, 0.05) is 57.2 Å². The van der Waals surface area contributed by atoms with E-state index in [4.69, 9.17) is 4.52 Å². The Hall–Kier alpha value is -4.62. The molecular weight excluding hydrogens is 554 g/mol. The highest BCUT2D eigenvalue weighted by Gasteiger charge is 2.46. The van der Waals surface area contributed by atoms with Gasteiger partial charge in [0.25, 0.3) is 5.91 Å². The molecule has 1 aliphatic heterocycles. The minimum atomic E-state index is -0.889. The highest BCUT2D eigenvalue weighted by Crippen LogP contribution is 2.47. The number of aryl methyl sites for hydroxylation is 3. The average molecular weight is 596 g/mol. The second-order valence-corrected chi connectivity index (χ2v) is 11.8. The lowest BCUT2D eigenvalue weighted by atomic mass is 9.67. The van der Waals surface area contributed by atoms with Crippen LogP contribution in [0.2, 0.25) is 0 Å². The van der Waals surface area contributed by atoms with Crippen LogP contribution in [0.4, 0.5) is 0 Å². The number of carbonyl (C=O) groups is 1. The molecule has 2 heterocycles. The van der Waals surface area contributed by atoms with Crippen LogP contribution in [-0.4, -0.2) is 59.8 Å². The number of rotatable bonds is 10. The maximum absolute atomic E-state index is 12.7. The van der Waals surface area contributed by atoms with Crippen molar-refractivity contribution in [1.82, 2.24) is 30.6 Å². The lowest BCUT2D eigenvalue weighted by Gasteiger charge is -2.38. The molecule has 230 valence electrons. The third-order valence-electron chi connectivity index (χ3n) is 9.10. The van der Waals surface area contributed by atoms with Crippen LogP contribution < -0.4 is 21.7 Å². The fraction of sp³-hybridized carbons (Fsp3) is 0.412. The highest BCUT2D eigenvalue weighted by molar-refractivity contribution is 5.94. The second kappa shape index (κ2) is 12.5. The zero-order valence-corrected chi connectivity index (χ0v) is 26.0. The summed E-state index contributed by atoms with van der Waals surface area (Å²) in [6.07, 6.45) is 3.78. The first-order chi connectivity index (χ1) is 21.1. The number of benzene rings is 2. The zero-order chi connectivity index (χ0) is 31.6. The van der Waals surface area contributed by atoms with Crippen LogP contribution in [0.15, 0.2) is 64.6 Å². The summed E-state index contributed by atoms with van der Waals surface area (Å²) < 4.78 is 6.96. The van der Waals surface area contributed by atoms with Gasteiger partial charge in [0.15, 0.2) is 5.82 Å². The molecule has 2 aliphatic rings. The molecule has 0 radical (unpaired) electrons. The van der Waals surface area contributed by atoms with Gasteiger partial charge in [-0.15, -0.1) is 0 Å². The van der Waals surface area contributed by atoms with E-state index < -0.39 is 11.2 Å². The van der Waals surface area contributed by atoms with E-state index in [0.717, 1.165) is 65.0 Å². The molecule has 1 amide bonds. The summed E-state index contributed by atoms with van der Waals surface area (Å²) in [5, 5.41) is 19.1. The monoisotopic (exact) mass is 595 g/mol. The van der Waals surface area contributed by atoms with Crippen LogP contribution in [0.25, 0.3) is 5.70 Å². The molecule has 10 heteroatoms. The fourth-order valence-corrected chi connectivity index (χ4v) is 6.92. The molecule has 3 atom stereocenters. The number of nitriles is 1. The second-order valence-electron chi connectivity index (χ2n) is 11.8. The van der Waals surface area contributed by atoms with E-state index in [-0.39, 0.29) is 18.0 Å². The molecule has 10 nitrogen and oxygen atoms in total. The molecule has 44 heavy (non-hydrogen) atoms. The number of likely N-dealkylation sites (tertiary alicyclic amines) is 1. The number of aromatic nitrogens is 2. The van der Waals surface area contributed by atoms with Crippen LogP contribution in [-0.2, 0) is 25.3 Å². The molecular formula is C34H41N7O3. The van der Waals surface area contributed by atoms with Crippen molar-refractivity contribution in [3.63, 3.8) is 0 Å². The number of nitrogens with one attached hydrogen (secondary N) is 3. The van der Waals surface area contributed by atoms with Crippen LogP contribution >= 0.6 is 0 Å². The molecule has 1 fully saturated rings. The van der Waals surface area contributed by atoms with E-state index in [1.54, 1.807) is 14.1 Å². The van der Waals surface area contributed by atoms with Crippen molar-refractivity contribution in [1.29, 1.82) is 5.26 Å². The Labute approximate surface area is 258 Å². The number of nitrogens with zero attached hydrogens (tertiary/aromatic N) is 4. The van der Waals surface area contributed by atoms with Crippen molar-refractivity contribution in [3.05, 3.63) is 105 Å². The van der Waals surface area contributed by atoms with E-state index >= 15 is 0 Å². The van der Waals surface area contributed by atoms with Crippen LogP contribution in [0, 0.1) is 11.3 Å². The van der Waals surface area contributed by atoms with Gasteiger partial charge in [0.05, 0.1) is 11.5 Å². The minimum Gasteiger partial charge on any atom is -0.388 e. The molecule has 1 aliphatic carbocycles. The average Bonchev–Trinajstić information content (AvgIpc) is 3.62. The zero-order valence-electron chi connectivity index (χ0n) is 26.0. The van der Waals surface area contributed by atoms with Crippen LogP contribution in [0.3, 0.4) is 0 Å². The molecule has 1 saturated heterocycles. The smallest absolute Gasteiger partial charge is 0.388 e. The quantitative estimate of drug-likeness (QED) is 0.326. The molecule has 0 bridgehead atoms. The standard InChI is InChI=1S/C34H41N7O3/c1-21(38-20-22(2)41-15-7-8-28(41)19-35)18-34(32-39-33(43)44-40(32)6)29-13-11-24(23(3)36-4)16-25(29)9-10-26-17-27(31(42)37-5)12-14-30(26)34/h11-14,16-17,21,28,36,38H,2-3,7-10,15,18,20H2,1,4-6H3,(H,37,42)/t21-,28?,34?/m0/s1. The minimum absolute atomic E-state index is 0.0777. The molecule has 3 aromatic rings. The van der Waals surface area contributed by atoms with Gasteiger partial charge < -0.3 is 25.4 Å². The molecule has 1 aromatic heterocycles. The van der Waals surface area contributed by atoms with E-state index in [1.807, 2.05) is 31.3 Å². The van der Waals surface area contributed by atoms with Crippen molar-refractivity contribution < 1.29 is 9.32 Å². The first-order valence-electron chi connectivity index (χ1n) is 15.1. The van der Waals surface area contributed by atoms with Gasteiger partial charge in [-0.05, 0) is 85.0 Å². The summed E-state index contributed by atoms with van der Waals surface area (Å²) in [6.45, 7) is 11.9. The predicted octanol–water partition coefficient (Wildman–Crippen LogP) is 3.23. The third kappa shape index (κ3) is 5.55. The van der Waals surface area contributed by atoms with Gasteiger partial charge in [-0.2, -0.15) is 15.0 Å². The molecule has 0 saturated carbocycles. The number of hydrogen-bond acceptors (Lipinski definition) is 8. The van der Waals surface area contributed by atoms with Crippen LogP contribution in [0.5, 0.6) is 0 Å². The van der Waals surface area contributed by atoms with Gasteiger partial charge >= 0.3 is 5.76 Å². The Morgan fingerprint density at radius 1 is 1.14 bits per heavy atom. The predicted molar refractivity (Wildman–Crippen MR) is 170 cm³/mol. The summed E-state index contributed by atoms with van der Waals surface area (Å²) in [5.74, 6) is -0.328. The van der Waals surface area contributed by atoms with Crippen molar-refractivity contribution >= 4 is 11.6 Å². The summed E-state index contributed by atoms with van der Waals surface area (Å²) in [6, 6.07) is 14.3. The lowest BCUT2D eigenvalue weighted by molar-refractivity contribution is 0.0963.